The summed E-state index contributed by atoms with van der Waals surface area (Å²) in [6.07, 6.45) is 13.4. The number of hydrogen-bond donors (Lipinski definition) is 0. The average molecular weight is 454 g/mol. The third kappa shape index (κ3) is 6.54. The summed E-state index contributed by atoms with van der Waals surface area (Å²) in [6, 6.07) is 33.2. The molecule has 0 amide bonds. The minimum atomic E-state index is -6.00. The fourth-order valence-corrected chi connectivity index (χ4v) is 7.79. The molecule has 164 valence electrons. The van der Waals surface area contributed by atoms with Crippen molar-refractivity contribution < 1.29 is 17.3 Å². The van der Waals surface area contributed by atoms with Gasteiger partial charge in [0.25, 0.3) is 0 Å². The van der Waals surface area contributed by atoms with Crippen LogP contribution in [0.5, 0.6) is 0 Å². The lowest BCUT2D eigenvalue weighted by Crippen LogP contribution is -2.33. The van der Waals surface area contributed by atoms with E-state index in [1.54, 1.807) is 0 Å². The van der Waals surface area contributed by atoms with Gasteiger partial charge in [0.05, 0.1) is 6.16 Å². The molecule has 0 unspecified atom stereocenters. The van der Waals surface area contributed by atoms with Crippen molar-refractivity contribution in [2.24, 2.45) is 0 Å². The lowest BCUT2D eigenvalue weighted by atomic mass is 10.1. The summed E-state index contributed by atoms with van der Waals surface area (Å²) in [5, 5.41) is 4.30. The van der Waals surface area contributed by atoms with E-state index < -0.39 is 14.5 Å². The third-order valence-electron chi connectivity index (χ3n) is 5.08. The minimum absolute atomic E-state index is 1.02. The summed E-state index contributed by atoms with van der Waals surface area (Å²) in [5.74, 6) is 0. The zero-order valence-electron chi connectivity index (χ0n) is 17.5. The zero-order valence-corrected chi connectivity index (χ0v) is 18.4. The molecule has 0 radical (unpaired) electrons. The summed E-state index contributed by atoms with van der Waals surface area (Å²) >= 11 is 0. The molecule has 0 fully saturated rings. The van der Waals surface area contributed by atoms with Crippen molar-refractivity contribution in [3.8, 4) is 0 Å². The van der Waals surface area contributed by atoms with Gasteiger partial charge in [-0.3, -0.25) is 0 Å². The number of halogens is 4. The van der Waals surface area contributed by atoms with E-state index in [-0.39, 0.29) is 0 Å². The minimum Gasteiger partial charge on any atom is -0.418 e. The van der Waals surface area contributed by atoms with Crippen LogP contribution in [-0.4, -0.2) is 13.4 Å². The van der Waals surface area contributed by atoms with Gasteiger partial charge in [0.2, 0.25) is 0 Å². The number of allylic oxidation sites excluding steroid dienone is 6. The second-order valence-electron chi connectivity index (χ2n) is 7.24. The Morgan fingerprint density at radius 1 is 0.625 bits per heavy atom. The molecule has 0 aliphatic heterocycles. The number of benzene rings is 3. The van der Waals surface area contributed by atoms with Crippen LogP contribution in [0.3, 0.4) is 0 Å². The summed E-state index contributed by atoms with van der Waals surface area (Å²) in [5.41, 5.74) is 1.31. The second-order valence-corrected chi connectivity index (χ2v) is 10.8. The van der Waals surface area contributed by atoms with Gasteiger partial charge in [0.1, 0.15) is 23.2 Å². The van der Waals surface area contributed by atoms with Crippen LogP contribution in [-0.2, 0) is 0 Å². The third-order valence-corrected chi connectivity index (χ3v) is 9.35. The molecule has 1 aliphatic carbocycles. The predicted molar refractivity (Wildman–Crippen MR) is 131 cm³/mol. The molecule has 0 saturated heterocycles. The molecule has 0 atom stereocenters. The molecule has 0 bridgehead atoms. The van der Waals surface area contributed by atoms with Crippen molar-refractivity contribution in [1.29, 1.82) is 0 Å². The van der Waals surface area contributed by atoms with E-state index in [9.17, 15) is 17.3 Å². The molecule has 0 aromatic heterocycles. The van der Waals surface area contributed by atoms with E-state index >= 15 is 0 Å². The number of rotatable bonds is 5. The Morgan fingerprint density at radius 2 is 0.969 bits per heavy atom. The van der Waals surface area contributed by atoms with Crippen LogP contribution in [0.1, 0.15) is 6.42 Å². The van der Waals surface area contributed by atoms with Gasteiger partial charge in [0.15, 0.2) is 0 Å². The zero-order chi connectivity index (χ0) is 22.9. The van der Waals surface area contributed by atoms with Gasteiger partial charge in [0, 0.05) is 0 Å². The molecule has 0 heterocycles. The van der Waals surface area contributed by atoms with Crippen LogP contribution < -0.4 is 15.9 Å². The van der Waals surface area contributed by atoms with Gasteiger partial charge in [-0.2, -0.15) is 0 Å². The van der Waals surface area contributed by atoms with Crippen molar-refractivity contribution in [2.45, 2.75) is 6.42 Å². The first kappa shape index (κ1) is 23.8. The maximum absolute atomic E-state index is 9.75. The van der Waals surface area contributed by atoms with E-state index in [0.717, 1.165) is 12.6 Å². The molecule has 0 saturated carbocycles. The molecule has 3 aromatic rings. The van der Waals surface area contributed by atoms with E-state index in [0.29, 0.717) is 0 Å². The smallest absolute Gasteiger partial charge is 0.418 e. The van der Waals surface area contributed by atoms with Crippen LogP contribution in [0.4, 0.5) is 17.3 Å². The average Bonchev–Trinajstić information content (AvgIpc) is 2.81. The van der Waals surface area contributed by atoms with Crippen molar-refractivity contribution in [3.05, 3.63) is 127 Å². The Balaban J connectivity index is 0.000000523. The summed E-state index contributed by atoms with van der Waals surface area (Å²) in [4.78, 5) is 0. The normalized spacial score (nSPS) is 13.3. The Kier molecular flexibility index (Phi) is 8.24. The molecule has 0 N–H and O–H groups in total. The predicted octanol–water partition coefficient (Wildman–Crippen LogP) is 6.72. The molecule has 0 spiro atoms. The fourth-order valence-electron chi connectivity index (χ4n) is 3.73. The summed E-state index contributed by atoms with van der Waals surface area (Å²) in [7, 11) is -7.76. The first-order valence-electron chi connectivity index (χ1n) is 10.3. The molecule has 6 heteroatoms. The van der Waals surface area contributed by atoms with Gasteiger partial charge in [-0.05, 0) is 54.5 Å². The molecular weight excluding hydrogens is 430 g/mol. The monoisotopic (exact) mass is 454 g/mol. The molecule has 4 rings (SSSR count). The van der Waals surface area contributed by atoms with E-state index in [4.69, 9.17) is 0 Å². The van der Waals surface area contributed by atoms with Crippen LogP contribution >= 0.6 is 7.26 Å². The van der Waals surface area contributed by atoms with Gasteiger partial charge in [-0.1, -0.05) is 78.9 Å². The maximum Gasteiger partial charge on any atom is 0.673 e. The topological polar surface area (TPSA) is 0 Å². The van der Waals surface area contributed by atoms with Gasteiger partial charge < -0.3 is 17.3 Å². The van der Waals surface area contributed by atoms with Gasteiger partial charge >= 0.3 is 7.25 Å². The quantitative estimate of drug-likeness (QED) is 0.228. The van der Waals surface area contributed by atoms with Crippen molar-refractivity contribution in [2.75, 3.05) is 6.16 Å². The van der Waals surface area contributed by atoms with Crippen LogP contribution in [0.25, 0.3) is 0 Å². The lowest BCUT2D eigenvalue weighted by molar-refractivity contribution is 0.368. The highest BCUT2D eigenvalue weighted by atomic mass is 31.2. The van der Waals surface area contributed by atoms with Crippen LogP contribution in [0.2, 0.25) is 0 Å². The maximum atomic E-state index is 9.75. The van der Waals surface area contributed by atoms with Crippen LogP contribution in [0, 0.1) is 0 Å². The van der Waals surface area contributed by atoms with E-state index in [1.165, 1.54) is 21.5 Å². The largest absolute Gasteiger partial charge is 0.673 e. The Labute approximate surface area is 187 Å². The Morgan fingerprint density at radius 3 is 1.31 bits per heavy atom. The van der Waals surface area contributed by atoms with Crippen molar-refractivity contribution in [3.63, 3.8) is 0 Å². The fraction of sp³-hybridized carbons (Fsp3) is 0.0769. The summed E-state index contributed by atoms with van der Waals surface area (Å²) in [6.45, 7) is 0. The highest BCUT2D eigenvalue weighted by Crippen LogP contribution is 2.55. The Hall–Kier alpha value is -2.91. The van der Waals surface area contributed by atoms with Crippen molar-refractivity contribution >= 4 is 30.4 Å². The molecular formula is C26H24BF4P. The highest BCUT2D eigenvalue weighted by Gasteiger charge is 2.44. The first-order chi connectivity index (χ1) is 15.4. The second kappa shape index (κ2) is 11.1. The molecule has 1 aliphatic rings. The molecule has 0 nitrogen and oxygen atoms in total. The number of hydrogen-bond acceptors (Lipinski definition) is 0. The standard InChI is InChI=1S/C26H24P.BF4/c1-5-13-23(14-6-1)21-22-27(24-15-7-2-8-16-24,25-17-9-3-10-18-25)26-19-11-4-12-20-26;2-1(3,4)5/h2-21H,1,22H2;/q+1;-1. The van der Waals surface area contributed by atoms with E-state index in [2.05, 4.69) is 121 Å². The SMILES string of the molecule is C1=CC(=CC[P+](c2ccccc2)(c2ccccc2)c2ccccc2)C=CC1.F[B-](F)(F)F. The Bertz CT molecular complexity index is 943. The molecule has 3 aromatic carbocycles. The first-order valence-corrected chi connectivity index (χ1v) is 12.3. The molecule has 32 heavy (non-hydrogen) atoms. The van der Waals surface area contributed by atoms with Crippen molar-refractivity contribution in [1.82, 2.24) is 0 Å². The lowest BCUT2D eigenvalue weighted by Gasteiger charge is -2.26. The van der Waals surface area contributed by atoms with Crippen LogP contribution in [0.15, 0.2) is 127 Å². The van der Waals surface area contributed by atoms with Gasteiger partial charge in [-0.15, -0.1) is 0 Å². The van der Waals surface area contributed by atoms with Gasteiger partial charge in [-0.25, -0.2) is 0 Å². The van der Waals surface area contributed by atoms with E-state index in [1.807, 2.05) is 0 Å². The summed E-state index contributed by atoms with van der Waals surface area (Å²) < 4.78 is 39.0. The highest BCUT2D eigenvalue weighted by molar-refractivity contribution is 7.95.